The molecule has 0 amide bonds. The summed E-state index contributed by atoms with van der Waals surface area (Å²) in [5.74, 6) is 0.332. The van der Waals surface area contributed by atoms with Gasteiger partial charge in [-0.2, -0.15) is 0 Å². The summed E-state index contributed by atoms with van der Waals surface area (Å²) < 4.78 is 2.44. The molecule has 3 heteroatoms. The molecule has 2 aromatic heterocycles. The maximum Gasteiger partial charge on any atom is 0.116 e. The minimum Gasteiger partial charge on any atom is -0.508 e. The van der Waals surface area contributed by atoms with Crippen LogP contribution in [0.4, 0.5) is 0 Å². The first kappa shape index (κ1) is 12.5. The van der Waals surface area contributed by atoms with E-state index in [1.54, 1.807) is 6.07 Å². The third kappa shape index (κ3) is 2.00. The minimum absolute atomic E-state index is 0.332. The maximum atomic E-state index is 9.90. The van der Waals surface area contributed by atoms with Gasteiger partial charge in [-0.25, -0.2) is 0 Å². The SMILES string of the molecule is Oc1ccc2c(c1)c(-c1ccncc1)c1n2CCCCC1. The zero-order valence-corrected chi connectivity index (χ0v) is 11.9. The van der Waals surface area contributed by atoms with Gasteiger partial charge >= 0.3 is 0 Å². The Bertz CT molecular complexity index is 790. The summed E-state index contributed by atoms with van der Waals surface area (Å²) >= 11 is 0. The molecule has 0 saturated carbocycles. The number of benzene rings is 1. The van der Waals surface area contributed by atoms with Gasteiger partial charge in [0, 0.05) is 41.1 Å². The van der Waals surface area contributed by atoms with Gasteiger partial charge in [0.1, 0.15) is 5.75 Å². The number of phenols is 1. The maximum absolute atomic E-state index is 9.90. The highest BCUT2D eigenvalue weighted by Crippen LogP contribution is 2.38. The molecular formula is C18H18N2O. The molecule has 0 unspecified atom stereocenters. The number of pyridine rings is 1. The van der Waals surface area contributed by atoms with Crippen LogP contribution in [-0.4, -0.2) is 14.7 Å². The van der Waals surface area contributed by atoms with E-state index in [1.165, 1.54) is 41.6 Å². The summed E-state index contributed by atoms with van der Waals surface area (Å²) in [5, 5.41) is 11.0. The highest BCUT2D eigenvalue weighted by molar-refractivity contribution is 5.99. The van der Waals surface area contributed by atoms with E-state index in [0.29, 0.717) is 5.75 Å². The fourth-order valence-electron chi connectivity index (χ4n) is 3.49. The van der Waals surface area contributed by atoms with Crippen molar-refractivity contribution in [2.75, 3.05) is 0 Å². The van der Waals surface area contributed by atoms with Gasteiger partial charge in [-0.15, -0.1) is 0 Å². The van der Waals surface area contributed by atoms with Crippen LogP contribution in [0.5, 0.6) is 5.75 Å². The average Bonchev–Trinajstić information content (AvgIpc) is 2.65. The van der Waals surface area contributed by atoms with Crippen LogP contribution in [0.3, 0.4) is 0 Å². The van der Waals surface area contributed by atoms with Crippen molar-refractivity contribution >= 4 is 10.9 Å². The van der Waals surface area contributed by atoms with Gasteiger partial charge < -0.3 is 9.67 Å². The molecule has 4 rings (SSSR count). The van der Waals surface area contributed by atoms with Gasteiger partial charge in [-0.3, -0.25) is 4.98 Å². The van der Waals surface area contributed by atoms with Crippen LogP contribution in [0.2, 0.25) is 0 Å². The van der Waals surface area contributed by atoms with E-state index in [9.17, 15) is 5.11 Å². The molecule has 0 bridgehead atoms. The first-order valence-corrected chi connectivity index (χ1v) is 7.59. The predicted molar refractivity (Wildman–Crippen MR) is 84.4 cm³/mol. The summed E-state index contributed by atoms with van der Waals surface area (Å²) in [6.07, 6.45) is 8.54. The Labute approximate surface area is 123 Å². The van der Waals surface area contributed by atoms with Gasteiger partial charge in [0.2, 0.25) is 0 Å². The number of nitrogens with zero attached hydrogens (tertiary/aromatic N) is 2. The van der Waals surface area contributed by atoms with Gasteiger partial charge in [-0.05, 0) is 55.2 Å². The summed E-state index contributed by atoms with van der Waals surface area (Å²) in [5.41, 5.74) is 5.09. The molecule has 0 saturated heterocycles. The second-order valence-corrected chi connectivity index (χ2v) is 5.72. The lowest BCUT2D eigenvalue weighted by Gasteiger charge is -2.07. The summed E-state index contributed by atoms with van der Waals surface area (Å²) in [4.78, 5) is 4.13. The number of aromatic nitrogens is 2. The number of rotatable bonds is 1. The number of aromatic hydroxyl groups is 1. The van der Waals surface area contributed by atoms with E-state index < -0.39 is 0 Å². The molecule has 1 N–H and O–H groups in total. The summed E-state index contributed by atoms with van der Waals surface area (Å²) in [6.45, 7) is 1.07. The van der Waals surface area contributed by atoms with Gasteiger partial charge in [-0.1, -0.05) is 6.42 Å². The lowest BCUT2D eigenvalue weighted by molar-refractivity contribution is 0.476. The van der Waals surface area contributed by atoms with E-state index >= 15 is 0 Å². The Balaban J connectivity index is 2.07. The molecule has 3 heterocycles. The predicted octanol–water partition coefficient (Wildman–Crippen LogP) is 4.14. The Hall–Kier alpha value is -2.29. The third-order valence-electron chi connectivity index (χ3n) is 4.42. The Morgan fingerprint density at radius 3 is 2.71 bits per heavy atom. The molecule has 0 aliphatic carbocycles. The van der Waals surface area contributed by atoms with Crippen LogP contribution < -0.4 is 0 Å². The average molecular weight is 278 g/mol. The molecule has 0 fully saturated rings. The van der Waals surface area contributed by atoms with Crippen LogP contribution in [0.25, 0.3) is 22.0 Å². The van der Waals surface area contributed by atoms with Crippen LogP contribution in [-0.2, 0) is 13.0 Å². The largest absolute Gasteiger partial charge is 0.508 e. The highest BCUT2D eigenvalue weighted by Gasteiger charge is 2.20. The molecule has 3 aromatic rings. The number of aryl methyl sites for hydroxylation is 1. The lowest BCUT2D eigenvalue weighted by atomic mass is 10.0. The topological polar surface area (TPSA) is 38.1 Å². The quantitative estimate of drug-likeness (QED) is 0.726. The van der Waals surface area contributed by atoms with Crippen molar-refractivity contribution in [2.24, 2.45) is 0 Å². The normalized spacial score (nSPS) is 14.9. The van der Waals surface area contributed by atoms with Crippen molar-refractivity contribution in [3.05, 3.63) is 48.4 Å². The first-order valence-electron chi connectivity index (χ1n) is 7.59. The van der Waals surface area contributed by atoms with E-state index in [2.05, 4.69) is 21.7 Å². The Morgan fingerprint density at radius 1 is 1.00 bits per heavy atom. The molecule has 21 heavy (non-hydrogen) atoms. The molecule has 106 valence electrons. The smallest absolute Gasteiger partial charge is 0.116 e. The molecule has 3 nitrogen and oxygen atoms in total. The van der Waals surface area contributed by atoms with Crippen molar-refractivity contribution in [1.82, 2.24) is 9.55 Å². The van der Waals surface area contributed by atoms with Crippen LogP contribution >= 0.6 is 0 Å². The lowest BCUT2D eigenvalue weighted by Crippen LogP contribution is -2.00. The number of fused-ring (bicyclic) bond motifs is 3. The van der Waals surface area contributed by atoms with Crippen molar-refractivity contribution in [3.63, 3.8) is 0 Å². The van der Waals surface area contributed by atoms with Crippen LogP contribution in [0.1, 0.15) is 25.0 Å². The zero-order chi connectivity index (χ0) is 14.2. The van der Waals surface area contributed by atoms with Crippen molar-refractivity contribution in [3.8, 4) is 16.9 Å². The monoisotopic (exact) mass is 278 g/mol. The second kappa shape index (κ2) is 4.92. The Kier molecular flexibility index (Phi) is 2.92. The Morgan fingerprint density at radius 2 is 1.86 bits per heavy atom. The van der Waals surface area contributed by atoms with Crippen LogP contribution in [0.15, 0.2) is 42.7 Å². The molecular weight excluding hydrogens is 260 g/mol. The van der Waals surface area contributed by atoms with Crippen molar-refractivity contribution < 1.29 is 5.11 Å². The standard InChI is InChI=1S/C18H18N2O/c21-14-5-6-16-15(12-14)18(13-7-9-19-10-8-13)17-4-2-1-3-11-20(16)17/h5-10,12,21H,1-4,11H2. The molecule has 1 aliphatic heterocycles. The van der Waals surface area contributed by atoms with Crippen molar-refractivity contribution in [1.29, 1.82) is 0 Å². The molecule has 1 aliphatic rings. The number of phenolic OH excluding ortho intramolecular Hbond substituents is 1. The van der Waals surface area contributed by atoms with Crippen LogP contribution in [0, 0.1) is 0 Å². The van der Waals surface area contributed by atoms with Gasteiger partial charge in [0.15, 0.2) is 0 Å². The fourth-order valence-corrected chi connectivity index (χ4v) is 3.49. The number of hydrogen-bond acceptors (Lipinski definition) is 2. The first-order chi connectivity index (χ1) is 10.3. The second-order valence-electron chi connectivity index (χ2n) is 5.72. The summed E-state index contributed by atoms with van der Waals surface area (Å²) in [7, 11) is 0. The number of hydrogen-bond donors (Lipinski definition) is 1. The highest BCUT2D eigenvalue weighted by atomic mass is 16.3. The molecule has 1 aromatic carbocycles. The molecule has 0 radical (unpaired) electrons. The van der Waals surface area contributed by atoms with Gasteiger partial charge in [0.05, 0.1) is 0 Å². The summed E-state index contributed by atoms with van der Waals surface area (Å²) in [6, 6.07) is 9.85. The zero-order valence-electron chi connectivity index (χ0n) is 11.9. The third-order valence-corrected chi connectivity index (χ3v) is 4.42. The minimum atomic E-state index is 0.332. The molecule has 0 atom stereocenters. The van der Waals surface area contributed by atoms with E-state index in [-0.39, 0.29) is 0 Å². The van der Waals surface area contributed by atoms with E-state index in [4.69, 9.17) is 0 Å². The fraction of sp³-hybridized carbons (Fsp3) is 0.278. The van der Waals surface area contributed by atoms with E-state index in [0.717, 1.165) is 18.4 Å². The van der Waals surface area contributed by atoms with Gasteiger partial charge in [0.25, 0.3) is 0 Å². The molecule has 0 spiro atoms. The van der Waals surface area contributed by atoms with Crippen molar-refractivity contribution in [2.45, 2.75) is 32.2 Å². The van der Waals surface area contributed by atoms with E-state index in [1.807, 2.05) is 24.5 Å².